The van der Waals surface area contributed by atoms with Crippen molar-refractivity contribution in [3.05, 3.63) is 34.9 Å². The highest BCUT2D eigenvalue weighted by atomic mass is 35.5. The van der Waals surface area contributed by atoms with Crippen LogP contribution >= 0.6 is 24.0 Å². The molecule has 1 saturated carbocycles. The molecule has 0 radical (unpaired) electrons. The molecule has 1 amide bonds. The highest BCUT2D eigenvalue weighted by Gasteiger charge is 2.36. The zero-order valence-corrected chi connectivity index (χ0v) is 15.0. The van der Waals surface area contributed by atoms with E-state index in [-0.39, 0.29) is 29.6 Å². The van der Waals surface area contributed by atoms with Crippen molar-refractivity contribution in [3.63, 3.8) is 0 Å². The first-order valence-electron chi connectivity index (χ1n) is 8.44. The van der Waals surface area contributed by atoms with E-state index in [1.807, 2.05) is 12.1 Å². The molecule has 128 valence electrons. The van der Waals surface area contributed by atoms with Gasteiger partial charge in [0.25, 0.3) is 0 Å². The van der Waals surface area contributed by atoms with Crippen LogP contribution in [0.2, 0.25) is 5.02 Å². The van der Waals surface area contributed by atoms with E-state index in [9.17, 15) is 4.79 Å². The molecule has 1 aliphatic carbocycles. The number of nitrogens with one attached hydrogen (secondary N) is 2. The molecule has 1 heterocycles. The van der Waals surface area contributed by atoms with Crippen LogP contribution in [0.3, 0.4) is 0 Å². The van der Waals surface area contributed by atoms with Crippen molar-refractivity contribution in [3.8, 4) is 0 Å². The van der Waals surface area contributed by atoms with E-state index in [1.54, 1.807) is 0 Å². The summed E-state index contributed by atoms with van der Waals surface area (Å²) in [5.41, 5.74) is 1.42. The Bertz CT molecular complexity index is 506. The standard InChI is InChI=1S/C18H25ClN2O.ClH/c19-16-5-3-15(4-6-16)18(9-1-2-10-18)13-21-17(22)14-7-11-20-12-8-14;/h3-6,14,20H,1-2,7-13H2,(H,21,22);1H. The maximum atomic E-state index is 12.4. The molecule has 5 heteroatoms. The highest BCUT2D eigenvalue weighted by molar-refractivity contribution is 6.30. The summed E-state index contributed by atoms with van der Waals surface area (Å²) in [5, 5.41) is 7.34. The lowest BCUT2D eigenvalue weighted by Gasteiger charge is -2.31. The van der Waals surface area contributed by atoms with Gasteiger partial charge < -0.3 is 10.6 Å². The summed E-state index contributed by atoms with van der Waals surface area (Å²) in [6, 6.07) is 8.19. The summed E-state index contributed by atoms with van der Waals surface area (Å²) >= 11 is 6.02. The molecule has 1 saturated heterocycles. The number of amides is 1. The smallest absolute Gasteiger partial charge is 0.223 e. The third kappa shape index (κ3) is 4.40. The molecular weight excluding hydrogens is 331 g/mol. The quantitative estimate of drug-likeness (QED) is 0.863. The number of benzene rings is 1. The minimum Gasteiger partial charge on any atom is -0.355 e. The Morgan fingerprint density at radius 3 is 2.39 bits per heavy atom. The van der Waals surface area contributed by atoms with Gasteiger partial charge in [-0.2, -0.15) is 0 Å². The van der Waals surface area contributed by atoms with Crippen LogP contribution in [0.15, 0.2) is 24.3 Å². The Morgan fingerprint density at radius 1 is 1.17 bits per heavy atom. The maximum absolute atomic E-state index is 12.4. The summed E-state index contributed by atoms with van der Waals surface area (Å²) in [4.78, 5) is 12.4. The summed E-state index contributed by atoms with van der Waals surface area (Å²) in [5.74, 6) is 0.423. The first-order chi connectivity index (χ1) is 10.7. The minimum atomic E-state index is 0. The van der Waals surface area contributed by atoms with Crippen LogP contribution in [0, 0.1) is 5.92 Å². The van der Waals surface area contributed by atoms with Gasteiger partial charge in [0, 0.05) is 22.9 Å². The minimum absolute atomic E-state index is 0. The molecule has 3 rings (SSSR count). The Hall–Kier alpha value is -0.770. The molecule has 1 aromatic carbocycles. The van der Waals surface area contributed by atoms with E-state index >= 15 is 0 Å². The Morgan fingerprint density at radius 2 is 1.78 bits per heavy atom. The number of halogens is 2. The predicted octanol–water partition coefficient (Wildman–Crippen LogP) is 3.69. The van der Waals surface area contributed by atoms with Crippen LogP contribution in [0.25, 0.3) is 0 Å². The van der Waals surface area contributed by atoms with Crippen LogP contribution in [0.4, 0.5) is 0 Å². The number of hydrogen-bond acceptors (Lipinski definition) is 2. The van der Waals surface area contributed by atoms with Crippen molar-refractivity contribution < 1.29 is 4.79 Å². The van der Waals surface area contributed by atoms with Crippen LogP contribution in [0.1, 0.15) is 44.1 Å². The molecular formula is C18H26Cl2N2O. The van der Waals surface area contributed by atoms with Gasteiger partial charge in [-0.25, -0.2) is 0 Å². The summed E-state index contributed by atoms with van der Waals surface area (Å²) in [6.45, 7) is 2.68. The molecule has 1 aliphatic heterocycles. The van der Waals surface area contributed by atoms with E-state index in [1.165, 1.54) is 18.4 Å². The van der Waals surface area contributed by atoms with Crippen molar-refractivity contribution in [2.45, 2.75) is 43.9 Å². The van der Waals surface area contributed by atoms with Crippen LogP contribution < -0.4 is 10.6 Å². The van der Waals surface area contributed by atoms with Crippen molar-refractivity contribution in [2.75, 3.05) is 19.6 Å². The highest BCUT2D eigenvalue weighted by Crippen LogP contribution is 2.41. The van der Waals surface area contributed by atoms with E-state index in [0.29, 0.717) is 0 Å². The van der Waals surface area contributed by atoms with E-state index in [4.69, 9.17) is 11.6 Å². The molecule has 0 unspecified atom stereocenters. The lowest BCUT2D eigenvalue weighted by atomic mass is 9.78. The fourth-order valence-electron chi connectivity index (χ4n) is 3.91. The second-order valence-electron chi connectivity index (χ2n) is 6.74. The average Bonchev–Trinajstić information content (AvgIpc) is 3.04. The van der Waals surface area contributed by atoms with Gasteiger partial charge in [-0.15, -0.1) is 12.4 Å². The monoisotopic (exact) mass is 356 g/mol. The van der Waals surface area contributed by atoms with Crippen LogP contribution in [0.5, 0.6) is 0 Å². The zero-order valence-electron chi connectivity index (χ0n) is 13.4. The number of rotatable bonds is 4. The second-order valence-corrected chi connectivity index (χ2v) is 7.17. The average molecular weight is 357 g/mol. The molecule has 2 fully saturated rings. The van der Waals surface area contributed by atoms with Gasteiger partial charge in [0.2, 0.25) is 5.91 Å². The van der Waals surface area contributed by atoms with Crippen LogP contribution in [-0.4, -0.2) is 25.5 Å². The second kappa shape index (κ2) is 8.36. The summed E-state index contributed by atoms with van der Waals surface area (Å²) < 4.78 is 0. The number of piperidine rings is 1. The number of hydrogen-bond donors (Lipinski definition) is 2. The molecule has 0 spiro atoms. The fourth-order valence-corrected chi connectivity index (χ4v) is 4.03. The lowest BCUT2D eigenvalue weighted by Crippen LogP contribution is -2.43. The number of carbonyl (C=O) groups excluding carboxylic acids is 1. The Kier molecular flexibility index (Phi) is 6.75. The Balaban J connectivity index is 0.00000192. The van der Waals surface area contributed by atoms with Gasteiger partial charge in [-0.3, -0.25) is 4.79 Å². The molecule has 23 heavy (non-hydrogen) atoms. The largest absolute Gasteiger partial charge is 0.355 e. The van der Waals surface area contributed by atoms with Crippen LogP contribution in [-0.2, 0) is 10.2 Å². The van der Waals surface area contributed by atoms with E-state index < -0.39 is 0 Å². The zero-order chi connectivity index (χ0) is 15.4. The van der Waals surface area contributed by atoms with E-state index in [0.717, 1.165) is 50.3 Å². The summed E-state index contributed by atoms with van der Waals surface area (Å²) in [7, 11) is 0. The Labute approximate surface area is 150 Å². The SMILES string of the molecule is Cl.O=C(NCC1(c2ccc(Cl)cc2)CCCC1)C1CCNCC1. The van der Waals surface area contributed by atoms with Gasteiger partial charge in [0.15, 0.2) is 0 Å². The molecule has 2 aliphatic rings. The predicted molar refractivity (Wildman–Crippen MR) is 97.4 cm³/mol. The number of carbonyl (C=O) groups is 1. The van der Waals surface area contributed by atoms with Gasteiger partial charge in [0.05, 0.1) is 0 Å². The van der Waals surface area contributed by atoms with Crippen molar-refractivity contribution in [1.29, 1.82) is 0 Å². The van der Waals surface area contributed by atoms with Gasteiger partial charge in [-0.05, 0) is 56.5 Å². The molecule has 2 N–H and O–H groups in total. The van der Waals surface area contributed by atoms with Crippen molar-refractivity contribution in [1.82, 2.24) is 10.6 Å². The van der Waals surface area contributed by atoms with Crippen molar-refractivity contribution in [2.24, 2.45) is 5.92 Å². The molecule has 3 nitrogen and oxygen atoms in total. The normalized spacial score (nSPS) is 20.7. The first-order valence-corrected chi connectivity index (χ1v) is 8.82. The third-order valence-corrected chi connectivity index (χ3v) is 5.58. The molecule has 0 bridgehead atoms. The first kappa shape index (κ1) is 18.6. The van der Waals surface area contributed by atoms with Gasteiger partial charge in [-0.1, -0.05) is 36.6 Å². The molecule has 0 atom stereocenters. The van der Waals surface area contributed by atoms with E-state index in [2.05, 4.69) is 22.8 Å². The fraction of sp³-hybridized carbons (Fsp3) is 0.611. The topological polar surface area (TPSA) is 41.1 Å². The summed E-state index contributed by atoms with van der Waals surface area (Å²) in [6.07, 6.45) is 6.71. The van der Waals surface area contributed by atoms with Gasteiger partial charge >= 0.3 is 0 Å². The van der Waals surface area contributed by atoms with Gasteiger partial charge in [0.1, 0.15) is 0 Å². The molecule has 1 aromatic rings. The third-order valence-electron chi connectivity index (χ3n) is 5.33. The molecule has 0 aromatic heterocycles. The maximum Gasteiger partial charge on any atom is 0.223 e. The lowest BCUT2D eigenvalue weighted by molar-refractivity contribution is -0.126. The van der Waals surface area contributed by atoms with Crippen molar-refractivity contribution >= 4 is 29.9 Å².